The third kappa shape index (κ3) is 8.72. The molecule has 6 N–H and O–H groups in total. The van der Waals surface area contributed by atoms with Gasteiger partial charge in [-0.25, -0.2) is 8.78 Å². The third-order valence-electron chi connectivity index (χ3n) is 3.52. The highest BCUT2D eigenvalue weighted by molar-refractivity contribution is 6.06. The Bertz CT molecular complexity index is 747. The molecule has 1 aliphatic heterocycles. The summed E-state index contributed by atoms with van der Waals surface area (Å²) in [5.41, 5.74) is -1.95. The zero-order valence-corrected chi connectivity index (χ0v) is 15.2. The molecule has 0 unspecified atom stereocenters. The Kier molecular flexibility index (Phi) is 8.30. The number of carbonyl (C=O) groups is 1. The van der Waals surface area contributed by atoms with Crippen LogP contribution < -0.4 is 20.7 Å². The van der Waals surface area contributed by atoms with Gasteiger partial charge in [-0.05, 0) is 25.2 Å². The topological polar surface area (TPSA) is 130 Å². The van der Waals surface area contributed by atoms with E-state index in [0.29, 0.717) is 19.2 Å². The van der Waals surface area contributed by atoms with Crippen molar-refractivity contribution in [2.24, 2.45) is 0 Å². The number of alkyl halides is 4. The van der Waals surface area contributed by atoms with E-state index in [9.17, 15) is 22.0 Å². The van der Waals surface area contributed by atoms with Gasteiger partial charge in [-0.1, -0.05) is 0 Å². The molecule has 1 fully saturated rings. The first-order valence-corrected chi connectivity index (χ1v) is 8.18. The summed E-state index contributed by atoms with van der Waals surface area (Å²) in [4.78, 5) is 9.00. The summed E-state index contributed by atoms with van der Waals surface area (Å²) in [6.07, 6.45) is -4.88. The van der Waals surface area contributed by atoms with Crippen LogP contribution in [0.15, 0.2) is 18.2 Å². The van der Waals surface area contributed by atoms with Crippen molar-refractivity contribution in [3.63, 3.8) is 0 Å². The van der Waals surface area contributed by atoms with Crippen LogP contribution in [0.5, 0.6) is 5.75 Å². The van der Waals surface area contributed by atoms with Crippen LogP contribution in [0.25, 0.3) is 0 Å². The molecule has 162 valence electrons. The van der Waals surface area contributed by atoms with Gasteiger partial charge in [0.25, 0.3) is 5.97 Å². The van der Waals surface area contributed by atoms with Gasteiger partial charge in [0.15, 0.2) is 23.2 Å². The van der Waals surface area contributed by atoms with Gasteiger partial charge in [0.1, 0.15) is 5.84 Å². The molecule has 0 atom stereocenters. The minimum absolute atomic E-state index is 0.0597. The minimum atomic E-state index is -5.02. The Labute approximate surface area is 162 Å². The maximum Gasteiger partial charge on any atom is 0.573 e. The number of nitrogens with one attached hydrogen (secondary N) is 5. The van der Waals surface area contributed by atoms with Gasteiger partial charge in [0.2, 0.25) is 0 Å². The summed E-state index contributed by atoms with van der Waals surface area (Å²) < 4.78 is 67.8. The fourth-order valence-electron chi connectivity index (χ4n) is 2.27. The molecule has 1 aromatic rings. The van der Waals surface area contributed by atoms with Crippen molar-refractivity contribution in [2.45, 2.75) is 31.8 Å². The SMILES string of the molecule is CC(=O)O.N=C(NC(=N)C1(F)CCNCC1)Nc1ccc(OC(F)(F)F)c(F)c1. The standard InChI is InChI=1S/C14H16F5N5O.C2H4O2/c15-9-7-8(1-2-10(9)25-14(17,18)19)23-12(21)24-11(20)13(16)3-5-22-6-4-13;1-2(3)4/h1-2,7,22H,3-6H2,(H4,20,21,23,24);1H3,(H,3,4). The lowest BCUT2D eigenvalue weighted by Crippen LogP contribution is -2.52. The number of guanidine groups is 1. The van der Waals surface area contributed by atoms with Gasteiger partial charge in [0.05, 0.1) is 0 Å². The maximum absolute atomic E-state index is 14.5. The van der Waals surface area contributed by atoms with E-state index < -0.39 is 41.4 Å². The van der Waals surface area contributed by atoms with Gasteiger partial charge < -0.3 is 25.8 Å². The summed E-state index contributed by atoms with van der Waals surface area (Å²) >= 11 is 0. The molecule has 0 saturated carbocycles. The predicted molar refractivity (Wildman–Crippen MR) is 94.5 cm³/mol. The second-order valence-corrected chi connectivity index (χ2v) is 5.93. The van der Waals surface area contributed by atoms with Crippen LogP contribution in [0.3, 0.4) is 0 Å². The lowest BCUT2D eigenvalue weighted by Gasteiger charge is -2.30. The van der Waals surface area contributed by atoms with Crippen molar-refractivity contribution in [1.82, 2.24) is 10.6 Å². The van der Waals surface area contributed by atoms with Crippen molar-refractivity contribution in [1.29, 1.82) is 10.8 Å². The fourth-order valence-corrected chi connectivity index (χ4v) is 2.27. The lowest BCUT2D eigenvalue weighted by atomic mass is 9.93. The smallest absolute Gasteiger partial charge is 0.481 e. The zero-order valence-electron chi connectivity index (χ0n) is 15.2. The molecule has 1 saturated heterocycles. The average molecular weight is 425 g/mol. The first-order valence-electron chi connectivity index (χ1n) is 8.18. The summed E-state index contributed by atoms with van der Waals surface area (Å²) in [5, 5.41) is 30.3. The van der Waals surface area contributed by atoms with E-state index in [-0.39, 0.29) is 18.5 Å². The molecule has 1 aliphatic rings. The fraction of sp³-hybridized carbons (Fsp3) is 0.438. The summed E-state index contributed by atoms with van der Waals surface area (Å²) in [6.45, 7) is 1.88. The molecular weight excluding hydrogens is 405 g/mol. The first kappa shape index (κ1) is 24.1. The van der Waals surface area contributed by atoms with E-state index in [1.54, 1.807) is 0 Å². The molecule has 0 aromatic heterocycles. The number of anilines is 1. The first-order chi connectivity index (χ1) is 13.3. The van der Waals surface area contributed by atoms with Gasteiger partial charge in [-0.2, -0.15) is 0 Å². The summed E-state index contributed by atoms with van der Waals surface area (Å²) in [6, 6.07) is 2.49. The Balaban J connectivity index is 0.000000960. The average Bonchev–Trinajstić information content (AvgIpc) is 2.56. The lowest BCUT2D eigenvalue weighted by molar-refractivity contribution is -0.275. The number of hydrogen-bond acceptors (Lipinski definition) is 5. The molecule has 13 heteroatoms. The number of amidine groups is 1. The van der Waals surface area contributed by atoms with E-state index in [1.165, 1.54) is 0 Å². The predicted octanol–water partition coefficient (Wildman–Crippen LogP) is 2.82. The molecular formula is C16H20F5N5O3. The van der Waals surface area contributed by atoms with Crippen molar-refractivity contribution in [3.8, 4) is 5.75 Å². The number of ether oxygens (including phenoxy) is 1. The van der Waals surface area contributed by atoms with Crippen LogP contribution >= 0.6 is 0 Å². The number of hydrogen-bond donors (Lipinski definition) is 6. The Morgan fingerprint density at radius 1 is 1.28 bits per heavy atom. The molecule has 0 aliphatic carbocycles. The van der Waals surface area contributed by atoms with Gasteiger partial charge in [0, 0.05) is 31.5 Å². The van der Waals surface area contributed by atoms with Crippen molar-refractivity contribution in [2.75, 3.05) is 18.4 Å². The van der Waals surface area contributed by atoms with E-state index >= 15 is 0 Å². The normalized spacial score (nSPS) is 15.4. The highest BCUT2D eigenvalue weighted by Crippen LogP contribution is 2.27. The van der Waals surface area contributed by atoms with Crippen LogP contribution in [0.2, 0.25) is 0 Å². The number of carboxylic acid groups (broad SMARTS) is 1. The largest absolute Gasteiger partial charge is 0.573 e. The van der Waals surface area contributed by atoms with Gasteiger partial charge in [-0.15, -0.1) is 13.2 Å². The van der Waals surface area contributed by atoms with Crippen LogP contribution in [0.1, 0.15) is 19.8 Å². The van der Waals surface area contributed by atoms with E-state index in [2.05, 4.69) is 20.7 Å². The highest BCUT2D eigenvalue weighted by Gasteiger charge is 2.37. The quantitative estimate of drug-likeness (QED) is 0.251. The van der Waals surface area contributed by atoms with E-state index in [0.717, 1.165) is 19.1 Å². The van der Waals surface area contributed by atoms with Crippen molar-refractivity contribution in [3.05, 3.63) is 24.0 Å². The van der Waals surface area contributed by atoms with Gasteiger partial charge >= 0.3 is 6.36 Å². The number of carboxylic acids is 1. The number of piperidine rings is 1. The Hall–Kier alpha value is -2.96. The molecule has 0 bridgehead atoms. The third-order valence-corrected chi connectivity index (χ3v) is 3.52. The summed E-state index contributed by atoms with van der Waals surface area (Å²) in [7, 11) is 0. The molecule has 1 aromatic carbocycles. The minimum Gasteiger partial charge on any atom is -0.481 e. The molecule has 0 spiro atoms. The van der Waals surface area contributed by atoms with Crippen molar-refractivity contribution >= 4 is 23.5 Å². The number of halogens is 5. The van der Waals surface area contributed by atoms with E-state index in [4.69, 9.17) is 20.7 Å². The second-order valence-electron chi connectivity index (χ2n) is 5.93. The molecule has 29 heavy (non-hydrogen) atoms. The molecule has 1 heterocycles. The summed E-state index contributed by atoms with van der Waals surface area (Å²) in [5.74, 6) is -4.15. The molecule has 0 amide bonds. The van der Waals surface area contributed by atoms with Gasteiger partial charge in [-0.3, -0.25) is 15.6 Å². The monoisotopic (exact) mass is 425 g/mol. The molecule has 8 nitrogen and oxygen atoms in total. The second kappa shape index (κ2) is 10.0. The van der Waals surface area contributed by atoms with Crippen LogP contribution in [-0.4, -0.2) is 48.0 Å². The van der Waals surface area contributed by atoms with Crippen molar-refractivity contribution < 1.29 is 36.6 Å². The highest BCUT2D eigenvalue weighted by atomic mass is 19.4. The molecule has 2 rings (SSSR count). The van der Waals surface area contributed by atoms with E-state index in [1.807, 2.05) is 0 Å². The van der Waals surface area contributed by atoms with Crippen LogP contribution in [0.4, 0.5) is 27.6 Å². The van der Waals surface area contributed by atoms with Crippen LogP contribution in [0, 0.1) is 16.6 Å². The maximum atomic E-state index is 14.5. The number of aliphatic carboxylic acids is 1. The van der Waals surface area contributed by atoms with Crippen LogP contribution in [-0.2, 0) is 4.79 Å². The Morgan fingerprint density at radius 2 is 1.83 bits per heavy atom. The molecule has 0 radical (unpaired) electrons. The number of rotatable bonds is 3. The Morgan fingerprint density at radius 3 is 2.31 bits per heavy atom. The zero-order chi connectivity index (χ0) is 22.2. The number of benzene rings is 1.